The van der Waals surface area contributed by atoms with Crippen molar-refractivity contribution in [2.24, 2.45) is 0 Å². The van der Waals surface area contributed by atoms with Crippen LogP contribution in [0.15, 0.2) is 84.9 Å². The van der Waals surface area contributed by atoms with Crippen LogP contribution in [0.2, 0.25) is 0 Å². The second-order valence-electron chi connectivity index (χ2n) is 13.0. The average Bonchev–Trinajstić information content (AvgIpc) is 3.09. The van der Waals surface area contributed by atoms with Crippen molar-refractivity contribution < 1.29 is 0 Å². The molecule has 4 aromatic carbocycles. The summed E-state index contributed by atoms with van der Waals surface area (Å²) in [7, 11) is 0. The fourth-order valence-electron chi connectivity index (χ4n) is 6.49. The van der Waals surface area contributed by atoms with Crippen molar-refractivity contribution in [1.82, 2.24) is 0 Å². The molecular formula is C37H43N. The molecule has 1 heteroatoms. The SMILES string of the molecule is CC(C)c1cc2c(cc1N(c1cccc(-c3ccccc3)c1C(C)C)C(C)(C)C)-c1ccccc1C2(C)C. The molecule has 0 unspecified atom stereocenters. The van der Waals surface area contributed by atoms with Crippen molar-refractivity contribution in [3.63, 3.8) is 0 Å². The van der Waals surface area contributed by atoms with Crippen LogP contribution in [0, 0.1) is 0 Å². The van der Waals surface area contributed by atoms with E-state index in [0.717, 1.165) is 0 Å². The summed E-state index contributed by atoms with van der Waals surface area (Å²) in [6, 6.07) is 31.7. The standard InChI is InChI=1S/C37H43N/c1-24(2)29-22-32-30(28-18-13-14-20-31(28)37(32,8)9)23-34(29)38(36(5,6)7)33-21-15-19-27(35(33)25(3)4)26-16-11-10-12-17-26/h10-25H,1-9H3. The average molecular weight is 502 g/mol. The topological polar surface area (TPSA) is 3.24 Å². The van der Waals surface area contributed by atoms with E-state index < -0.39 is 0 Å². The Morgan fingerprint density at radius 3 is 1.87 bits per heavy atom. The van der Waals surface area contributed by atoms with Gasteiger partial charge in [0, 0.05) is 22.3 Å². The molecule has 0 N–H and O–H groups in total. The van der Waals surface area contributed by atoms with Gasteiger partial charge in [-0.05, 0) is 89.2 Å². The van der Waals surface area contributed by atoms with Crippen LogP contribution in [0.1, 0.15) is 96.4 Å². The van der Waals surface area contributed by atoms with Gasteiger partial charge in [-0.2, -0.15) is 0 Å². The molecule has 0 aromatic heterocycles. The maximum absolute atomic E-state index is 2.62. The zero-order chi connectivity index (χ0) is 27.4. The van der Waals surface area contributed by atoms with E-state index in [1.54, 1.807) is 0 Å². The Morgan fingerprint density at radius 2 is 1.24 bits per heavy atom. The minimum Gasteiger partial charge on any atom is -0.336 e. The van der Waals surface area contributed by atoms with Crippen LogP contribution in [0.5, 0.6) is 0 Å². The third-order valence-electron chi connectivity index (χ3n) is 8.25. The van der Waals surface area contributed by atoms with Gasteiger partial charge in [0.05, 0.1) is 0 Å². The van der Waals surface area contributed by atoms with E-state index in [1.165, 1.54) is 55.9 Å². The predicted molar refractivity (Wildman–Crippen MR) is 166 cm³/mol. The lowest BCUT2D eigenvalue weighted by Crippen LogP contribution is -2.39. The summed E-state index contributed by atoms with van der Waals surface area (Å²) in [5.74, 6) is 0.780. The quantitative estimate of drug-likeness (QED) is 0.263. The second-order valence-corrected chi connectivity index (χ2v) is 13.0. The molecular weight excluding hydrogens is 458 g/mol. The molecule has 0 heterocycles. The summed E-state index contributed by atoms with van der Waals surface area (Å²) in [6.07, 6.45) is 0. The maximum atomic E-state index is 2.62. The van der Waals surface area contributed by atoms with E-state index in [4.69, 9.17) is 0 Å². The van der Waals surface area contributed by atoms with Gasteiger partial charge >= 0.3 is 0 Å². The van der Waals surface area contributed by atoms with Gasteiger partial charge in [-0.25, -0.2) is 0 Å². The Bertz CT molecular complexity index is 1460. The Morgan fingerprint density at radius 1 is 0.605 bits per heavy atom. The lowest BCUT2D eigenvalue weighted by atomic mass is 9.80. The number of rotatable bonds is 5. The minimum atomic E-state index is -0.121. The Hall–Kier alpha value is -3.32. The van der Waals surface area contributed by atoms with Crippen LogP contribution in [0.3, 0.4) is 0 Å². The number of benzene rings is 4. The maximum Gasteiger partial charge on any atom is 0.0457 e. The molecule has 38 heavy (non-hydrogen) atoms. The number of hydrogen-bond acceptors (Lipinski definition) is 1. The second kappa shape index (κ2) is 9.45. The van der Waals surface area contributed by atoms with Crippen LogP contribution in [-0.2, 0) is 5.41 Å². The van der Waals surface area contributed by atoms with Gasteiger partial charge in [-0.15, -0.1) is 0 Å². The first-order valence-corrected chi connectivity index (χ1v) is 14.2. The first-order chi connectivity index (χ1) is 17.9. The molecule has 0 atom stereocenters. The van der Waals surface area contributed by atoms with Crippen LogP contribution >= 0.6 is 0 Å². The van der Waals surface area contributed by atoms with Gasteiger partial charge in [0.2, 0.25) is 0 Å². The van der Waals surface area contributed by atoms with Gasteiger partial charge in [0.1, 0.15) is 0 Å². The molecule has 5 rings (SSSR count). The summed E-state index contributed by atoms with van der Waals surface area (Å²) in [5, 5.41) is 0. The van der Waals surface area contributed by atoms with E-state index in [1.807, 2.05) is 0 Å². The number of anilines is 2. The molecule has 0 bridgehead atoms. The molecule has 0 aliphatic heterocycles. The molecule has 1 aliphatic rings. The first-order valence-electron chi connectivity index (χ1n) is 14.2. The van der Waals surface area contributed by atoms with Crippen molar-refractivity contribution in [3.05, 3.63) is 107 Å². The van der Waals surface area contributed by atoms with Crippen LogP contribution < -0.4 is 4.90 Å². The van der Waals surface area contributed by atoms with Gasteiger partial charge < -0.3 is 4.90 Å². The summed E-state index contributed by atoms with van der Waals surface area (Å²) in [4.78, 5) is 2.62. The van der Waals surface area contributed by atoms with Gasteiger partial charge in [-0.3, -0.25) is 0 Å². The monoisotopic (exact) mass is 501 g/mol. The summed E-state index contributed by atoms with van der Waals surface area (Å²) < 4.78 is 0. The van der Waals surface area contributed by atoms with E-state index in [-0.39, 0.29) is 11.0 Å². The molecule has 1 nitrogen and oxygen atoms in total. The highest BCUT2D eigenvalue weighted by Gasteiger charge is 2.38. The summed E-state index contributed by atoms with van der Waals surface area (Å²) >= 11 is 0. The predicted octanol–water partition coefficient (Wildman–Crippen LogP) is 10.8. The molecule has 0 spiro atoms. The Balaban J connectivity index is 1.83. The molecule has 0 radical (unpaired) electrons. The summed E-state index contributed by atoms with van der Waals surface area (Å²) in [6.45, 7) is 21.1. The van der Waals surface area contributed by atoms with E-state index in [9.17, 15) is 0 Å². The van der Waals surface area contributed by atoms with Crippen molar-refractivity contribution >= 4 is 11.4 Å². The number of hydrogen-bond donors (Lipinski definition) is 0. The smallest absolute Gasteiger partial charge is 0.0457 e. The first kappa shape index (κ1) is 26.3. The highest BCUT2D eigenvalue weighted by Crippen LogP contribution is 2.53. The zero-order valence-corrected chi connectivity index (χ0v) is 24.7. The highest BCUT2D eigenvalue weighted by molar-refractivity contribution is 5.87. The van der Waals surface area contributed by atoms with Crippen molar-refractivity contribution in [2.45, 2.75) is 85.1 Å². The lowest BCUT2D eigenvalue weighted by Gasteiger charge is -2.42. The Labute approximate surface area is 230 Å². The van der Waals surface area contributed by atoms with Crippen LogP contribution in [0.25, 0.3) is 22.3 Å². The molecule has 4 aromatic rings. The molecule has 0 fully saturated rings. The lowest BCUT2D eigenvalue weighted by molar-refractivity contribution is 0.555. The van der Waals surface area contributed by atoms with Crippen molar-refractivity contribution in [2.75, 3.05) is 4.90 Å². The molecule has 1 aliphatic carbocycles. The zero-order valence-electron chi connectivity index (χ0n) is 24.7. The van der Waals surface area contributed by atoms with Gasteiger partial charge in [0.15, 0.2) is 0 Å². The summed E-state index contributed by atoms with van der Waals surface area (Å²) in [5.41, 5.74) is 13.6. The fourth-order valence-corrected chi connectivity index (χ4v) is 6.49. The van der Waals surface area contributed by atoms with E-state index in [0.29, 0.717) is 11.8 Å². The Kier molecular flexibility index (Phi) is 6.54. The highest BCUT2D eigenvalue weighted by atomic mass is 15.2. The van der Waals surface area contributed by atoms with E-state index >= 15 is 0 Å². The fraction of sp³-hybridized carbons (Fsp3) is 0.351. The van der Waals surface area contributed by atoms with Crippen molar-refractivity contribution in [3.8, 4) is 22.3 Å². The largest absolute Gasteiger partial charge is 0.336 e. The molecule has 196 valence electrons. The third kappa shape index (κ3) is 4.27. The van der Waals surface area contributed by atoms with E-state index in [2.05, 4.69) is 152 Å². The molecule has 0 saturated heterocycles. The molecule has 0 amide bonds. The number of nitrogens with zero attached hydrogens (tertiary/aromatic N) is 1. The number of fused-ring (bicyclic) bond motifs is 3. The van der Waals surface area contributed by atoms with Crippen LogP contribution in [-0.4, -0.2) is 5.54 Å². The van der Waals surface area contributed by atoms with Crippen LogP contribution in [0.4, 0.5) is 11.4 Å². The normalized spacial score (nSPS) is 14.1. The van der Waals surface area contributed by atoms with Gasteiger partial charge in [-0.1, -0.05) is 114 Å². The van der Waals surface area contributed by atoms with Gasteiger partial charge in [0.25, 0.3) is 0 Å². The molecule has 0 saturated carbocycles. The van der Waals surface area contributed by atoms with Crippen molar-refractivity contribution in [1.29, 1.82) is 0 Å². The third-order valence-corrected chi connectivity index (χ3v) is 8.25. The minimum absolute atomic E-state index is 0.00300.